The SMILES string of the molecule is Cc1ccc(C(F)(F)F)cc1NC(=O)c1cn[nH]n1. The van der Waals surface area contributed by atoms with Crippen LogP contribution in [0.3, 0.4) is 0 Å². The Bertz CT molecular complexity index is 592. The molecule has 0 aliphatic heterocycles. The molecule has 8 heteroatoms. The summed E-state index contributed by atoms with van der Waals surface area (Å²) in [6.45, 7) is 1.60. The third-order valence-corrected chi connectivity index (χ3v) is 2.46. The minimum absolute atomic E-state index is 0.00295. The van der Waals surface area contributed by atoms with Crippen molar-refractivity contribution in [2.75, 3.05) is 5.32 Å². The van der Waals surface area contributed by atoms with Gasteiger partial charge in [0.05, 0.1) is 11.8 Å². The monoisotopic (exact) mass is 270 g/mol. The molecule has 5 nitrogen and oxygen atoms in total. The van der Waals surface area contributed by atoms with E-state index in [1.165, 1.54) is 12.3 Å². The fraction of sp³-hybridized carbons (Fsp3) is 0.182. The molecule has 19 heavy (non-hydrogen) atoms. The Labute approximate surface area is 105 Å². The van der Waals surface area contributed by atoms with Gasteiger partial charge in [0.2, 0.25) is 0 Å². The average molecular weight is 270 g/mol. The van der Waals surface area contributed by atoms with Crippen LogP contribution in [0.1, 0.15) is 21.6 Å². The van der Waals surface area contributed by atoms with Gasteiger partial charge in [-0.1, -0.05) is 6.07 Å². The minimum Gasteiger partial charge on any atom is -0.320 e. The highest BCUT2D eigenvalue weighted by Gasteiger charge is 2.31. The van der Waals surface area contributed by atoms with Gasteiger partial charge in [0.25, 0.3) is 5.91 Å². The van der Waals surface area contributed by atoms with Crippen molar-refractivity contribution in [2.24, 2.45) is 0 Å². The Morgan fingerprint density at radius 3 is 2.68 bits per heavy atom. The molecule has 0 spiro atoms. The first-order valence-electron chi connectivity index (χ1n) is 5.23. The zero-order chi connectivity index (χ0) is 14.0. The maximum atomic E-state index is 12.6. The molecule has 1 aromatic heterocycles. The number of alkyl halides is 3. The van der Waals surface area contributed by atoms with Gasteiger partial charge in [-0.3, -0.25) is 4.79 Å². The number of aryl methyl sites for hydroxylation is 1. The summed E-state index contributed by atoms with van der Waals surface area (Å²) in [5.74, 6) is -0.629. The Balaban J connectivity index is 2.27. The molecule has 0 radical (unpaired) electrons. The standard InChI is InChI=1S/C11H9F3N4O/c1-6-2-3-7(11(12,13)14)4-8(6)16-10(19)9-5-15-18-17-9/h2-5H,1H3,(H,16,19)(H,15,17,18). The summed E-state index contributed by atoms with van der Waals surface area (Å²) in [6, 6.07) is 3.13. The lowest BCUT2D eigenvalue weighted by Gasteiger charge is -2.11. The molecular formula is C11H9F3N4O. The summed E-state index contributed by atoms with van der Waals surface area (Å²) >= 11 is 0. The Hall–Kier alpha value is -2.38. The zero-order valence-corrected chi connectivity index (χ0v) is 9.75. The number of anilines is 1. The third kappa shape index (κ3) is 2.90. The molecular weight excluding hydrogens is 261 g/mol. The van der Waals surface area contributed by atoms with E-state index < -0.39 is 17.6 Å². The van der Waals surface area contributed by atoms with E-state index in [-0.39, 0.29) is 11.4 Å². The summed E-state index contributed by atoms with van der Waals surface area (Å²) < 4.78 is 37.7. The van der Waals surface area contributed by atoms with E-state index in [4.69, 9.17) is 0 Å². The van der Waals surface area contributed by atoms with Gasteiger partial charge < -0.3 is 5.32 Å². The number of H-pyrrole nitrogens is 1. The Morgan fingerprint density at radius 2 is 2.11 bits per heavy atom. The number of carbonyl (C=O) groups is 1. The molecule has 0 aliphatic rings. The topological polar surface area (TPSA) is 70.7 Å². The van der Waals surface area contributed by atoms with Crippen LogP contribution in [0.25, 0.3) is 0 Å². The first-order chi connectivity index (χ1) is 8.88. The van der Waals surface area contributed by atoms with E-state index in [1.54, 1.807) is 6.92 Å². The second kappa shape index (κ2) is 4.71. The number of aromatic nitrogens is 3. The van der Waals surface area contributed by atoms with Gasteiger partial charge in [-0.2, -0.15) is 28.6 Å². The predicted molar refractivity (Wildman–Crippen MR) is 60.5 cm³/mol. The van der Waals surface area contributed by atoms with Crippen LogP contribution in [0.15, 0.2) is 24.4 Å². The molecule has 0 bridgehead atoms. The molecule has 0 atom stereocenters. The number of nitrogens with zero attached hydrogens (tertiary/aromatic N) is 2. The fourth-order valence-electron chi connectivity index (χ4n) is 1.43. The molecule has 2 aromatic rings. The summed E-state index contributed by atoms with van der Waals surface area (Å²) in [5.41, 5.74) is -0.224. The molecule has 100 valence electrons. The Kier molecular flexibility index (Phi) is 3.24. The maximum Gasteiger partial charge on any atom is 0.416 e. The predicted octanol–water partition coefficient (Wildman–Crippen LogP) is 2.38. The fourth-order valence-corrected chi connectivity index (χ4v) is 1.43. The van der Waals surface area contributed by atoms with Gasteiger partial charge in [0.15, 0.2) is 5.69 Å². The summed E-state index contributed by atoms with van der Waals surface area (Å²) in [6.07, 6.45) is -3.28. The first kappa shape index (κ1) is 13.1. The molecule has 1 heterocycles. The smallest absolute Gasteiger partial charge is 0.320 e. The van der Waals surface area contributed by atoms with Crippen molar-refractivity contribution in [1.82, 2.24) is 15.4 Å². The number of hydrogen-bond acceptors (Lipinski definition) is 3. The van der Waals surface area contributed by atoms with E-state index in [0.717, 1.165) is 12.1 Å². The number of benzene rings is 1. The van der Waals surface area contributed by atoms with Crippen LogP contribution in [0.2, 0.25) is 0 Å². The van der Waals surface area contributed by atoms with Gasteiger partial charge in [-0.05, 0) is 24.6 Å². The highest BCUT2D eigenvalue weighted by Crippen LogP contribution is 2.32. The molecule has 0 fully saturated rings. The number of rotatable bonds is 2. The average Bonchev–Trinajstić information content (AvgIpc) is 2.84. The lowest BCUT2D eigenvalue weighted by Crippen LogP contribution is -2.14. The Morgan fingerprint density at radius 1 is 1.37 bits per heavy atom. The van der Waals surface area contributed by atoms with Gasteiger partial charge in [0, 0.05) is 5.69 Å². The van der Waals surface area contributed by atoms with Crippen LogP contribution in [0.5, 0.6) is 0 Å². The van der Waals surface area contributed by atoms with E-state index in [9.17, 15) is 18.0 Å². The van der Waals surface area contributed by atoms with Crippen molar-refractivity contribution >= 4 is 11.6 Å². The van der Waals surface area contributed by atoms with Crippen molar-refractivity contribution in [2.45, 2.75) is 13.1 Å². The second-order valence-corrected chi connectivity index (χ2v) is 3.84. The van der Waals surface area contributed by atoms with Crippen LogP contribution in [0.4, 0.5) is 18.9 Å². The molecule has 1 amide bonds. The van der Waals surface area contributed by atoms with Crippen molar-refractivity contribution in [3.8, 4) is 0 Å². The molecule has 2 rings (SSSR count). The summed E-state index contributed by atoms with van der Waals surface area (Å²) in [4.78, 5) is 11.7. The van der Waals surface area contributed by atoms with Gasteiger partial charge in [-0.15, -0.1) is 0 Å². The van der Waals surface area contributed by atoms with E-state index in [2.05, 4.69) is 20.7 Å². The minimum atomic E-state index is -4.46. The summed E-state index contributed by atoms with van der Waals surface area (Å²) in [7, 11) is 0. The number of aromatic amines is 1. The highest BCUT2D eigenvalue weighted by molar-refractivity contribution is 6.03. The number of amides is 1. The molecule has 0 saturated heterocycles. The maximum absolute atomic E-state index is 12.6. The van der Waals surface area contributed by atoms with Crippen molar-refractivity contribution in [1.29, 1.82) is 0 Å². The second-order valence-electron chi connectivity index (χ2n) is 3.84. The lowest BCUT2D eigenvalue weighted by molar-refractivity contribution is -0.137. The normalized spacial score (nSPS) is 11.4. The lowest BCUT2D eigenvalue weighted by atomic mass is 10.1. The number of halogens is 3. The molecule has 0 aliphatic carbocycles. The molecule has 0 unspecified atom stereocenters. The van der Waals surface area contributed by atoms with Gasteiger partial charge in [-0.25, -0.2) is 0 Å². The quantitative estimate of drug-likeness (QED) is 0.880. The summed E-state index contributed by atoms with van der Waals surface area (Å²) in [5, 5.41) is 11.6. The molecule has 0 saturated carbocycles. The third-order valence-electron chi connectivity index (χ3n) is 2.46. The first-order valence-corrected chi connectivity index (χ1v) is 5.23. The largest absolute Gasteiger partial charge is 0.416 e. The van der Waals surface area contributed by atoms with E-state index in [0.29, 0.717) is 5.56 Å². The van der Waals surface area contributed by atoms with Crippen LogP contribution in [-0.4, -0.2) is 21.3 Å². The molecule has 2 N–H and O–H groups in total. The van der Waals surface area contributed by atoms with Gasteiger partial charge in [0.1, 0.15) is 0 Å². The highest BCUT2D eigenvalue weighted by atomic mass is 19.4. The number of hydrogen-bond donors (Lipinski definition) is 2. The zero-order valence-electron chi connectivity index (χ0n) is 9.75. The van der Waals surface area contributed by atoms with Crippen LogP contribution >= 0.6 is 0 Å². The van der Waals surface area contributed by atoms with Gasteiger partial charge >= 0.3 is 6.18 Å². The van der Waals surface area contributed by atoms with Crippen molar-refractivity contribution in [3.05, 3.63) is 41.2 Å². The van der Waals surface area contributed by atoms with Crippen LogP contribution < -0.4 is 5.32 Å². The number of carbonyl (C=O) groups excluding carboxylic acids is 1. The van der Waals surface area contributed by atoms with Crippen molar-refractivity contribution in [3.63, 3.8) is 0 Å². The number of nitrogens with one attached hydrogen (secondary N) is 2. The van der Waals surface area contributed by atoms with Crippen molar-refractivity contribution < 1.29 is 18.0 Å². The molecule has 1 aromatic carbocycles. The van der Waals surface area contributed by atoms with E-state index >= 15 is 0 Å². The van der Waals surface area contributed by atoms with Crippen LogP contribution in [-0.2, 0) is 6.18 Å². The van der Waals surface area contributed by atoms with E-state index in [1.807, 2.05) is 0 Å². The van der Waals surface area contributed by atoms with Crippen LogP contribution in [0, 0.1) is 6.92 Å².